The molecule has 0 saturated heterocycles. The molecule has 54 valence electrons. The Morgan fingerprint density at radius 3 is 2.90 bits per heavy atom. The molecule has 0 aromatic heterocycles. The fraction of sp³-hybridized carbons (Fsp3) is 0.375. The first kappa shape index (κ1) is 7.06. The molecule has 0 bridgehead atoms. The summed E-state index contributed by atoms with van der Waals surface area (Å²) in [6.45, 7) is 2.08. The van der Waals surface area contributed by atoms with Gasteiger partial charge in [-0.1, -0.05) is 13.3 Å². The van der Waals surface area contributed by atoms with Crippen LogP contribution < -0.4 is 0 Å². The fourth-order valence-corrected chi connectivity index (χ4v) is 0.731. The highest BCUT2D eigenvalue weighted by Gasteiger charge is 2.07. The minimum atomic E-state index is -0.262. The van der Waals surface area contributed by atoms with E-state index >= 15 is 0 Å². The van der Waals surface area contributed by atoms with Gasteiger partial charge in [-0.15, -0.1) is 0 Å². The van der Waals surface area contributed by atoms with Crippen molar-refractivity contribution in [2.45, 2.75) is 19.8 Å². The maximum absolute atomic E-state index is 10.5. The molecule has 0 aliphatic carbocycles. The molecular formula is C8H10O2. The minimum absolute atomic E-state index is 0.262. The summed E-state index contributed by atoms with van der Waals surface area (Å²) in [7, 11) is 0. The molecule has 2 nitrogen and oxygen atoms in total. The highest BCUT2D eigenvalue weighted by Crippen LogP contribution is 2.09. The van der Waals surface area contributed by atoms with Crippen LogP contribution in [-0.2, 0) is 9.53 Å². The smallest absolute Gasteiger partial charge is 0.336 e. The molecule has 0 atom stereocenters. The third kappa shape index (κ3) is 1.72. The van der Waals surface area contributed by atoms with E-state index in [1.54, 1.807) is 6.08 Å². The van der Waals surface area contributed by atoms with Crippen LogP contribution in [0.3, 0.4) is 0 Å². The molecule has 0 aromatic rings. The average molecular weight is 138 g/mol. The van der Waals surface area contributed by atoms with Gasteiger partial charge in [-0.25, -0.2) is 4.79 Å². The molecule has 1 heterocycles. The fourth-order valence-electron chi connectivity index (χ4n) is 0.731. The zero-order chi connectivity index (χ0) is 7.40. The summed E-state index contributed by atoms with van der Waals surface area (Å²) in [6.07, 6.45) is 7.09. The van der Waals surface area contributed by atoms with Crippen molar-refractivity contribution in [2.24, 2.45) is 0 Å². The Balaban J connectivity index is 2.45. The van der Waals surface area contributed by atoms with Crippen LogP contribution in [0.4, 0.5) is 0 Å². The quantitative estimate of drug-likeness (QED) is 0.544. The second-order valence-corrected chi connectivity index (χ2v) is 2.15. The Kier molecular flexibility index (Phi) is 2.26. The number of carbonyl (C=O) groups excluding carboxylic acids is 1. The van der Waals surface area contributed by atoms with Crippen molar-refractivity contribution < 1.29 is 9.53 Å². The predicted octanol–water partition coefficient (Wildman–Crippen LogP) is 1.78. The minimum Gasteiger partial charge on any atom is -0.424 e. The molecule has 0 saturated carbocycles. The van der Waals surface area contributed by atoms with Gasteiger partial charge < -0.3 is 4.74 Å². The summed E-state index contributed by atoms with van der Waals surface area (Å²) >= 11 is 0. The molecule has 1 aliphatic heterocycles. The highest BCUT2D eigenvalue weighted by molar-refractivity contribution is 5.86. The van der Waals surface area contributed by atoms with Gasteiger partial charge in [-0.2, -0.15) is 0 Å². The summed E-state index contributed by atoms with van der Waals surface area (Å²) in [4.78, 5) is 10.5. The van der Waals surface area contributed by atoms with Crippen molar-refractivity contribution in [3.63, 3.8) is 0 Å². The SMILES string of the molecule is CCC/C=C1\C=CC(=O)O1. The van der Waals surface area contributed by atoms with Crippen molar-refractivity contribution in [3.05, 3.63) is 24.0 Å². The van der Waals surface area contributed by atoms with Gasteiger partial charge in [0.15, 0.2) is 0 Å². The van der Waals surface area contributed by atoms with Crippen LogP contribution in [-0.4, -0.2) is 5.97 Å². The van der Waals surface area contributed by atoms with E-state index in [2.05, 4.69) is 6.92 Å². The van der Waals surface area contributed by atoms with Gasteiger partial charge in [0.05, 0.1) is 0 Å². The van der Waals surface area contributed by atoms with Gasteiger partial charge in [0.2, 0.25) is 0 Å². The van der Waals surface area contributed by atoms with E-state index in [0.29, 0.717) is 5.76 Å². The van der Waals surface area contributed by atoms with E-state index in [0.717, 1.165) is 12.8 Å². The van der Waals surface area contributed by atoms with Crippen LogP contribution in [0.5, 0.6) is 0 Å². The van der Waals surface area contributed by atoms with Crippen LogP contribution in [0, 0.1) is 0 Å². The normalized spacial score (nSPS) is 20.1. The molecule has 0 aromatic carbocycles. The summed E-state index contributed by atoms with van der Waals surface area (Å²) in [5.41, 5.74) is 0. The third-order valence-corrected chi connectivity index (χ3v) is 1.24. The van der Waals surface area contributed by atoms with Crippen LogP contribution >= 0.6 is 0 Å². The lowest BCUT2D eigenvalue weighted by atomic mass is 10.3. The van der Waals surface area contributed by atoms with Gasteiger partial charge in [0.25, 0.3) is 0 Å². The number of allylic oxidation sites excluding steroid dienone is 2. The first-order valence-corrected chi connectivity index (χ1v) is 3.43. The molecule has 0 radical (unpaired) electrons. The average Bonchev–Trinajstić information content (AvgIpc) is 2.31. The second-order valence-electron chi connectivity index (χ2n) is 2.15. The Hall–Kier alpha value is -1.05. The maximum atomic E-state index is 10.5. The van der Waals surface area contributed by atoms with Crippen LogP contribution in [0.1, 0.15) is 19.8 Å². The lowest BCUT2D eigenvalue weighted by Gasteiger charge is -1.92. The highest BCUT2D eigenvalue weighted by atomic mass is 16.5. The van der Waals surface area contributed by atoms with E-state index in [1.165, 1.54) is 6.08 Å². The number of esters is 1. The summed E-state index contributed by atoms with van der Waals surface area (Å²) < 4.78 is 4.77. The number of hydrogen-bond acceptors (Lipinski definition) is 2. The second kappa shape index (κ2) is 3.20. The maximum Gasteiger partial charge on any atom is 0.336 e. The number of rotatable bonds is 2. The molecule has 0 fully saturated rings. The number of unbranched alkanes of at least 4 members (excludes halogenated alkanes) is 1. The Bertz CT molecular complexity index is 189. The van der Waals surface area contributed by atoms with Crippen LogP contribution in [0.2, 0.25) is 0 Å². The lowest BCUT2D eigenvalue weighted by Crippen LogP contribution is -1.89. The monoisotopic (exact) mass is 138 g/mol. The zero-order valence-corrected chi connectivity index (χ0v) is 5.96. The van der Waals surface area contributed by atoms with E-state index in [9.17, 15) is 4.79 Å². The molecule has 2 heteroatoms. The number of cyclic esters (lactones) is 1. The van der Waals surface area contributed by atoms with Gasteiger partial charge >= 0.3 is 5.97 Å². The largest absolute Gasteiger partial charge is 0.424 e. The number of hydrogen-bond donors (Lipinski definition) is 0. The van der Waals surface area contributed by atoms with Crippen molar-refractivity contribution in [2.75, 3.05) is 0 Å². The van der Waals surface area contributed by atoms with E-state index < -0.39 is 0 Å². The topological polar surface area (TPSA) is 26.3 Å². The number of carbonyl (C=O) groups is 1. The summed E-state index contributed by atoms with van der Waals surface area (Å²) in [5.74, 6) is 0.425. The van der Waals surface area contributed by atoms with Gasteiger partial charge in [-0.05, 0) is 18.6 Å². The Morgan fingerprint density at radius 2 is 2.40 bits per heavy atom. The standard InChI is InChI=1S/C8H10O2/c1-2-3-4-7-5-6-8(9)10-7/h4-6H,2-3H2,1H3/b7-4+. The van der Waals surface area contributed by atoms with Crippen molar-refractivity contribution in [3.8, 4) is 0 Å². The lowest BCUT2D eigenvalue weighted by molar-refractivity contribution is -0.132. The zero-order valence-electron chi connectivity index (χ0n) is 5.96. The molecule has 1 rings (SSSR count). The molecule has 1 aliphatic rings. The van der Waals surface area contributed by atoms with E-state index in [1.807, 2.05) is 6.08 Å². The first-order chi connectivity index (χ1) is 4.83. The molecule has 0 amide bonds. The van der Waals surface area contributed by atoms with Gasteiger partial charge in [-0.3, -0.25) is 0 Å². The van der Waals surface area contributed by atoms with E-state index in [4.69, 9.17) is 4.74 Å². The number of ether oxygens (including phenoxy) is 1. The molecular weight excluding hydrogens is 128 g/mol. The Morgan fingerprint density at radius 1 is 1.60 bits per heavy atom. The predicted molar refractivity (Wildman–Crippen MR) is 38.2 cm³/mol. The summed E-state index contributed by atoms with van der Waals surface area (Å²) in [5, 5.41) is 0. The third-order valence-electron chi connectivity index (χ3n) is 1.24. The van der Waals surface area contributed by atoms with Gasteiger partial charge in [0, 0.05) is 6.08 Å². The molecule has 10 heavy (non-hydrogen) atoms. The summed E-state index contributed by atoms with van der Waals surface area (Å²) in [6, 6.07) is 0. The van der Waals surface area contributed by atoms with E-state index in [-0.39, 0.29) is 5.97 Å². The van der Waals surface area contributed by atoms with Crippen molar-refractivity contribution in [1.29, 1.82) is 0 Å². The van der Waals surface area contributed by atoms with Gasteiger partial charge in [0.1, 0.15) is 5.76 Å². The van der Waals surface area contributed by atoms with Crippen LogP contribution in [0.25, 0.3) is 0 Å². The molecule has 0 spiro atoms. The van der Waals surface area contributed by atoms with Crippen molar-refractivity contribution in [1.82, 2.24) is 0 Å². The molecule has 0 N–H and O–H groups in total. The Labute approximate surface area is 60.2 Å². The molecule has 0 unspecified atom stereocenters. The van der Waals surface area contributed by atoms with Crippen molar-refractivity contribution >= 4 is 5.97 Å². The van der Waals surface area contributed by atoms with Crippen LogP contribution in [0.15, 0.2) is 24.0 Å². The first-order valence-electron chi connectivity index (χ1n) is 3.43.